The lowest BCUT2D eigenvalue weighted by atomic mass is 9.85. The molecule has 5 heteroatoms. The minimum absolute atomic E-state index is 0.119. The molecule has 5 nitrogen and oxygen atoms in total. The molecule has 2 unspecified atom stereocenters. The van der Waals surface area contributed by atoms with Crippen molar-refractivity contribution in [3.8, 4) is 23.0 Å². The number of carbonyl (C=O) groups excluding carboxylic acids is 1. The van der Waals surface area contributed by atoms with Crippen molar-refractivity contribution < 1.29 is 23.7 Å². The molecular formula is C33H50O5. The van der Waals surface area contributed by atoms with Gasteiger partial charge in [-0.05, 0) is 72.9 Å². The zero-order valence-corrected chi connectivity index (χ0v) is 25.4. The van der Waals surface area contributed by atoms with E-state index in [2.05, 4.69) is 41.5 Å². The largest absolute Gasteiger partial charge is 0.494 e. The van der Waals surface area contributed by atoms with Crippen LogP contribution >= 0.6 is 0 Å². The van der Waals surface area contributed by atoms with Crippen molar-refractivity contribution in [2.45, 2.75) is 93.9 Å². The lowest BCUT2D eigenvalue weighted by Gasteiger charge is -2.22. The highest BCUT2D eigenvalue weighted by atomic mass is 16.5. The van der Waals surface area contributed by atoms with Gasteiger partial charge in [0, 0.05) is 24.0 Å². The number of hydrogen-bond donors (Lipinski definition) is 0. The van der Waals surface area contributed by atoms with Crippen LogP contribution in [0.25, 0.3) is 0 Å². The summed E-state index contributed by atoms with van der Waals surface area (Å²) in [7, 11) is 0. The zero-order chi connectivity index (χ0) is 28.5. The zero-order valence-electron chi connectivity index (χ0n) is 25.4. The quantitative estimate of drug-likeness (QED) is 0.247. The minimum Gasteiger partial charge on any atom is -0.494 e. The van der Waals surface area contributed by atoms with Gasteiger partial charge in [0.2, 0.25) is 0 Å². The van der Waals surface area contributed by atoms with Gasteiger partial charge >= 0.3 is 0 Å². The van der Waals surface area contributed by atoms with Gasteiger partial charge in [-0.1, -0.05) is 55.4 Å². The Labute approximate surface area is 231 Å². The van der Waals surface area contributed by atoms with Gasteiger partial charge in [0.05, 0.1) is 26.4 Å². The molecule has 0 aliphatic heterocycles. The van der Waals surface area contributed by atoms with Gasteiger partial charge in [-0.15, -0.1) is 0 Å². The molecule has 0 saturated carbocycles. The molecule has 0 aromatic heterocycles. The van der Waals surface area contributed by atoms with E-state index in [1.54, 1.807) is 0 Å². The first-order chi connectivity index (χ1) is 17.7. The van der Waals surface area contributed by atoms with E-state index in [1.165, 1.54) is 0 Å². The molecule has 2 atom stereocenters. The normalized spacial score (nSPS) is 13.5. The van der Waals surface area contributed by atoms with Crippen molar-refractivity contribution in [1.82, 2.24) is 0 Å². The molecule has 0 heterocycles. The number of ether oxygens (including phenoxy) is 4. The van der Waals surface area contributed by atoms with Crippen LogP contribution in [0.4, 0.5) is 0 Å². The number of rotatable bonds is 14. The highest BCUT2D eigenvalue weighted by Gasteiger charge is 2.25. The van der Waals surface area contributed by atoms with Crippen LogP contribution in [0.15, 0.2) is 36.4 Å². The van der Waals surface area contributed by atoms with E-state index in [9.17, 15) is 4.79 Å². The Bertz CT molecular complexity index is 947. The van der Waals surface area contributed by atoms with Crippen LogP contribution in [0.3, 0.4) is 0 Å². The van der Waals surface area contributed by atoms with Gasteiger partial charge in [-0.25, -0.2) is 0 Å². The van der Waals surface area contributed by atoms with Crippen molar-refractivity contribution in [1.29, 1.82) is 0 Å². The predicted molar refractivity (Wildman–Crippen MR) is 156 cm³/mol. The van der Waals surface area contributed by atoms with E-state index in [0.717, 1.165) is 47.0 Å². The monoisotopic (exact) mass is 526 g/mol. The molecule has 0 bridgehead atoms. The molecule has 2 aromatic carbocycles. The third-order valence-electron chi connectivity index (χ3n) is 6.52. The summed E-state index contributed by atoms with van der Waals surface area (Å²) in [6, 6.07) is 11.7. The molecule has 38 heavy (non-hydrogen) atoms. The summed E-state index contributed by atoms with van der Waals surface area (Å²) < 4.78 is 23.8. The highest BCUT2D eigenvalue weighted by molar-refractivity contribution is 5.91. The van der Waals surface area contributed by atoms with Gasteiger partial charge < -0.3 is 18.9 Å². The number of benzene rings is 2. The number of ketones is 1. The van der Waals surface area contributed by atoms with E-state index < -0.39 is 0 Å². The minimum atomic E-state index is -0.337. The summed E-state index contributed by atoms with van der Waals surface area (Å²) >= 11 is 0. The Morgan fingerprint density at radius 3 is 1.21 bits per heavy atom. The molecule has 0 aliphatic rings. The van der Waals surface area contributed by atoms with Crippen LogP contribution in [0.1, 0.15) is 105 Å². The Hall–Kier alpha value is -2.69. The van der Waals surface area contributed by atoms with Crippen molar-refractivity contribution in [2.24, 2.45) is 10.8 Å². The third kappa shape index (κ3) is 10.6. The summed E-state index contributed by atoms with van der Waals surface area (Å²) in [6.07, 6.45) is 1.87. The maximum absolute atomic E-state index is 13.7. The Balaban J connectivity index is 2.27. The summed E-state index contributed by atoms with van der Waals surface area (Å²) in [6.45, 7) is 23.3. The molecule has 0 spiro atoms. The van der Waals surface area contributed by atoms with Gasteiger partial charge in [-0.2, -0.15) is 0 Å². The van der Waals surface area contributed by atoms with Crippen molar-refractivity contribution in [3.63, 3.8) is 0 Å². The van der Waals surface area contributed by atoms with Gasteiger partial charge in [0.25, 0.3) is 0 Å². The van der Waals surface area contributed by atoms with Crippen molar-refractivity contribution in [2.75, 3.05) is 26.4 Å². The molecule has 0 fully saturated rings. The molecule has 212 valence electrons. The van der Waals surface area contributed by atoms with Gasteiger partial charge in [0.1, 0.15) is 28.8 Å². The summed E-state index contributed by atoms with van der Waals surface area (Å²) in [4.78, 5) is 13.7. The average Bonchev–Trinajstić information content (AvgIpc) is 2.81. The summed E-state index contributed by atoms with van der Waals surface area (Å²) in [5.74, 6) is 2.35. The molecule has 2 rings (SSSR count). The first-order valence-electron chi connectivity index (χ1n) is 14.1. The second-order valence-corrected chi connectivity index (χ2v) is 12.5. The molecule has 0 radical (unpaired) electrons. The molecular weight excluding hydrogens is 476 g/mol. The van der Waals surface area contributed by atoms with Crippen LogP contribution in [0.2, 0.25) is 0 Å². The first-order valence-corrected chi connectivity index (χ1v) is 14.1. The Morgan fingerprint density at radius 2 is 0.921 bits per heavy atom. The lowest BCUT2D eigenvalue weighted by molar-refractivity contribution is -0.121. The molecule has 0 N–H and O–H groups in total. The Kier molecular flexibility index (Phi) is 11.5. The van der Waals surface area contributed by atoms with E-state index >= 15 is 0 Å². The summed E-state index contributed by atoms with van der Waals surface area (Å²) in [5, 5.41) is 0. The van der Waals surface area contributed by atoms with E-state index in [1.807, 2.05) is 64.1 Å². The fraction of sp³-hybridized carbons (Fsp3) is 0.606. The maximum Gasteiger partial charge on any atom is 0.147 e. The number of Topliss-reactive ketones (excluding diaryl/α,β-unsaturated/α-hetero) is 1. The first kappa shape index (κ1) is 31.5. The molecule has 2 aromatic rings. The van der Waals surface area contributed by atoms with Crippen molar-refractivity contribution in [3.05, 3.63) is 47.5 Å². The second-order valence-electron chi connectivity index (χ2n) is 12.5. The fourth-order valence-corrected chi connectivity index (χ4v) is 4.01. The molecule has 0 aliphatic carbocycles. The molecule has 0 amide bonds. The fourth-order valence-electron chi connectivity index (χ4n) is 4.01. The van der Waals surface area contributed by atoms with E-state index in [0.29, 0.717) is 26.4 Å². The highest BCUT2D eigenvalue weighted by Crippen LogP contribution is 2.35. The third-order valence-corrected chi connectivity index (χ3v) is 6.52. The average molecular weight is 527 g/mol. The van der Waals surface area contributed by atoms with Gasteiger partial charge in [-0.3, -0.25) is 4.79 Å². The topological polar surface area (TPSA) is 54.0 Å². The predicted octanol–water partition coefficient (Wildman–Crippen LogP) is 8.59. The van der Waals surface area contributed by atoms with Crippen molar-refractivity contribution >= 4 is 5.78 Å². The smallest absolute Gasteiger partial charge is 0.147 e. The van der Waals surface area contributed by atoms with Gasteiger partial charge in [0.15, 0.2) is 0 Å². The van der Waals surface area contributed by atoms with Crippen LogP contribution in [0, 0.1) is 10.8 Å². The Morgan fingerprint density at radius 1 is 0.605 bits per heavy atom. The van der Waals surface area contributed by atoms with Crippen LogP contribution in [-0.4, -0.2) is 32.2 Å². The standard InChI is InChI=1S/C33H50O5/c1-11-35-27-17-25(19-29(21-27)37-15-13-32(5,6)7)23(3)31(34)24(4)26-18-28(36-12-2)22-30(20-26)38-16-14-33(8,9)10/h17-24H,11-16H2,1-10H3. The number of hydrogen-bond acceptors (Lipinski definition) is 5. The number of carbonyl (C=O) groups is 1. The second kappa shape index (κ2) is 13.9. The maximum atomic E-state index is 13.7. The lowest BCUT2D eigenvalue weighted by Crippen LogP contribution is -2.17. The summed E-state index contributed by atoms with van der Waals surface area (Å²) in [5.41, 5.74) is 2.15. The SMILES string of the molecule is CCOc1cc(OCCC(C)(C)C)cc(C(C)C(=O)C(C)c2cc(OCC)cc(OCCC(C)(C)C)c2)c1. The van der Waals surface area contributed by atoms with Crippen LogP contribution in [-0.2, 0) is 4.79 Å². The van der Waals surface area contributed by atoms with Crippen LogP contribution in [0.5, 0.6) is 23.0 Å². The van der Waals surface area contributed by atoms with Crippen LogP contribution < -0.4 is 18.9 Å². The van der Waals surface area contributed by atoms with E-state index in [-0.39, 0.29) is 28.4 Å². The van der Waals surface area contributed by atoms with E-state index in [4.69, 9.17) is 18.9 Å². The molecule has 0 saturated heterocycles.